The molecule has 0 aromatic heterocycles. The first-order valence-corrected chi connectivity index (χ1v) is 12.1. The van der Waals surface area contributed by atoms with Crippen LogP contribution in [0.15, 0.2) is 6.07 Å². The topological polar surface area (TPSA) is 119 Å². The minimum Gasteiger partial charge on any atom is -0.489 e. The fraction of sp³-hybridized carbons (Fsp3) is 0.720. The summed E-state index contributed by atoms with van der Waals surface area (Å²) in [5, 5.41) is 0. The molecule has 0 unspecified atom stereocenters. The number of rotatable bonds is 24. The van der Waals surface area contributed by atoms with Gasteiger partial charge in [-0.25, -0.2) is 4.79 Å². The van der Waals surface area contributed by atoms with Gasteiger partial charge in [-0.1, -0.05) is 0 Å². The summed E-state index contributed by atoms with van der Waals surface area (Å²) in [7, 11) is 6.08. The lowest BCUT2D eigenvalue weighted by molar-refractivity contribution is 0.0460. The lowest BCUT2D eigenvalue weighted by atomic mass is 10.1. The van der Waals surface area contributed by atoms with E-state index in [1.165, 1.54) is 13.2 Å². The summed E-state index contributed by atoms with van der Waals surface area (Å²) >= 11 is 0. The van der Waals surface area contributed by atoms with E-state index < -0.39 is 5.97 Å². The zero-order valence-electron chi connectivity index (χ0n) is 22.7. The highest BCUT2D eigenvalue weighted by Crippen LogP contribution is 2.47. The molecule has 0 atom stereocenters. The van der Waals surface area contributed by atoms with Crippen LogP contribution in [0, 0.1) is 0 Å². The summed E-state index contributed by atoms with van der Waals surface area (Å²) in [6.07, 6.45) is 0. The average molecular weight is 535 g/mol. The van der Waals surface area contributed by atoms with Gasteiger partial charge in [-0.3, -0.25) is 0 Å². The van der Waals surface area contributed by atoms with E-state index in [0.717, 1.165) is 0 Å². The van der Waals surface area contributed by atoms with Crippen molar-refractivity contribution < 1.29 is 56.9 Å². The Labute approximate surface area is 219 Å². The molecule has 1 aromatic rings. The molecule has 0 fully saturated rings. The molecular weight excluding hydrogens is 492 g/mol. The summed E-state index contributed by atoms with van der Waals surface area (Å²) in [5.74, 6) is 0.310. The van der Waals surface area contributed by atoms with Crippen molar-refractivity contribution in [1.29, 1.82) is 0 Å². The minimum atomic E-state index is -0.611. The van der Waals surface area contributed by atoms with Crippen molar-refractivity contribution in [2.45, 2.75) is 6.92 Å². The van der Waals surface area contributed by atoms with Gasteiger partial charge >= 0.3 is 5.97 Å². The average Bonchev–Trinajstić information content (AvgIpc) is 2.91. The van der Waals surface area contributed by atoms with Crippen molar-refractivity contribution in [3.05, 3.63) is 11.6 Å². The van der Waals surface area contributed by atoms with Crippen LogP contribution in [0.25, 0.3) is 0 Å². The molecule has 0 saturated carbocycles. The molecule has 0 heterocycles. The Morgan fingerprint density at radius 1 is 0.568 bits per heavy atom. The van der Waals surface area contributed by atoms with E-state index in [0.29, 0.717) is 52.9 Å². The highest BCUT2D eigenvalue weighted by molar-refractivity contribution is 5.95. The second-order valence-electron chi connectivity index (χ2n) is 7.20. The van der Waals surface area contributed by atoms with E-state index in [9.17, 15) is 4.79 Å². The first kappa shape index (κ1) is 32.7. The summed E-state index contributed by atoms with van der Waals surface area (Å²) in [4.78, 5) is 12.6. The number of methoxy groups -OCH3 is 4. The SMILES string of the molecule is CCOc1c(C(=O)OC)cc(OCCOCCOC)c(OCCOCCOC)c1OCCOCCOC. The van der Waals surface area contributed by atoms with Crippen molar-refractivity contribution in [3.8, 4) is 23.0 Å². The molecule has 0 aliphatic rings. The zero-order valence-corrected chi connectivity index (χ0v) is 22.7. The van der Waals surface area contributed by atoms with Gasteiger partial charge in [0.2, 0.25) is 11.5 Å². The molecular formula is C25H42O12. The Kier molecular flexibility index (Phi) is 19.2. The van der Waals surface area contributed by atoms with Crippen molar-refractivity contribution in [3.63, 3.8) is 0 Å². The minimum absolute atomic E-state index is 0.138. The number of carbonyl (C=O) groups is 1. The molecule has 37 heavy (non-hydrogen) atoms. The van der Waals surface area contributed by atoms with Gasteiger partial charge in [-0.2, -0.15) is 0 Å². The highest BCUT2D eigenvalue weighted by Gasteiger charge is 2.27. The van der Waals surface area contributed by atoms with Crippen LogP contribution in [-0.4, -0.2) is 120 Å². The van der Waals surface area contributed by atoms with Crippen LogP contribution in [0.2, 0.25) is 0 Å². The second kappa shape index (κ2) is 21.7. The number of hydrogen-bond acceptors (Lipinski definition) is 12. The summed E-state index contributed by atoms with van der Waals surface area (Å²) in [5.41, 5.74) is 0.138. The standard InChI is InChI=1S/C25H42O12/c1-6-34-22-20(25(26)30-5)19-21(35-16-13-31-10-7-27-2)23(36-17-14-32-11-8-28-3)24(22)37-18-15-33-12-9-29-4/h19H,6-18H2,1-5H3. The number of benzene rings is 1. The van der Waals surface area contributed by atoms with Crippen molar-refractivity contribution in [1.82, 2.24) is 0 Å². The molecule has 0 aliphatic heterocycles. The lowest BCUT2D eigenvalue weighted by Crippen LogP contribution is -2.16. The fourth-order valence-corrected chi connectivity index (χ4v) is 2.87. The number of hydrogen-bond donors (Lipinski definition) is 0. The Bertz CT molecular complexity index is 728. The van der Waals surface area contributed by atoms with Crippen LogP contribution in [0.5, 0.6) is 23.0 Å². The predicted molar refractivity (Wildman–Crippen MR) is 134 cm³/mol. The third kappa shape index (κ3) is 13.1. The van der Waals surface area contributed by atoms with Gasteiger partial charge in [-0.05, 0) is 6.92 Å². The smallest absolute Gasteiger partial charge is 0.341 e. The van der Waals surface area contributed by atoms with Gasteiger partial charge in [0.1, 0.15) is 25.4 Å². The first-order chi connectivity index (χ1) is 18.1. The maximum atomic E-state index is 12.6. The van der Waals surface area contributed by atoms with E-state index in [1.54, 1.807) is 28.3 Å². The molecule has 1 aromatic carbocycles. The van der Waals surface area contributed by atoms with E-state index in [-0.39, 0.29) is 61.6 Å². The normalized spacial score (nSPS) is 10.8. The third-order valence-electron chi connectivity index (χ3n) is 4.58. The molecule has 0 aliphatic carbocycles. The van der Waals surface area contributed by atoms with Gasteiger partial charge in [0.05, 0.1) is 73.2 Å². The molecule has 0 radical (unpaired) electrons. The van der Waals surface area contributed by atoms with Crippen LogP contribution in [0.3, 0.4) is 0 Å². The molecule has 0 N–H and O–H groups in total. The van der Waals surface area contributed by atoms with E-state index >= 15 is 0 Å². The van der Waals surface area contributed by atoms with Crippen LogP contribution < -0.4 is 18.9 Å². The zero-order chi connectivity index (χ0) is 27.1. The third-order valence-corrected chi connectivity index (χ3v) is 4.58. The largest absolute Gasteiger partial charge is 0.489 e. The summed E-state index contributed by atoms with van der Waals surface area (Å²) < 4.78 is 60.2. The maximum absolute atomic E-state index is 12.6. The second-order valence-corrected chi connectivity index (χ2v) is 7.20. The number of esters is 1. The molecule has 0 amide bonds. The van der Waals surface area contributed by atoms with Gasteiger partial charge in [0.15, 0.2) is 11.5 Å². The molecule has 0 spiro atoms. The molecule has 12 heteroatoms. The van der Waals surface area contributed by atoms with E-state index in [2.05, 4.69) is 0 Å². The van der Waals surface area contributed by atoms with Crippen LogP contribution in [-0.2, 0) is 33.2 Å². The monoisotopic (exact) mass is 534 g/mol. The molecule has 1 rings (SSSR count). The van der Waals surface area contributed by atoms with Crippen LogP contribution in [0.1, 0.15) is 17.3 Å². The fourth-order valence-electron chi connectivity index (χ4n) is 2.87. The Morgan fingerprint density at radius 2 is 1.03 bits per heavy atom. The van der Waals surface area contributed by atoms with Gasteiger partial charge < -0.3 is 52.1 Å². The quantitative estimate of drug-likeness (QED) is 0.143. The van der Waals surface area contributed by atoms with Crippen LogP contribution >= 0.6 is 0 Å². The lowest BCUT2D eigenvalue weighted by Gasteiger charge is -2.22. The van der Waals surface area contributed by atoms with Crippen LogP contribution in [0.4, 0.5) is 0 Å². The Balaban J connectivity index is 3.20. The van der Waals surface area contributed by atoms with Crippen molar-refractivity contribution in [2.24, 2.45) is 0 Å². The first-order valence-electron chi connectivity index (χ1n) is 12.1. The van der Waals surface area contributed by atoms with E-state index in [4.69, 9.17) is 52.1 Å². The van der Waals surface area contributed by atoms with Gasteiger partial charge in [-0.15, -0.1) is 0 Å². The predicted octanol–water partition coefficient (Wildman–Crippen LogP) is 2.00. The molecule has 214 valence electrons. The van der Waals surface area contributed by atoms with Gasteiger partial charge in [0, 0.05) is 27.4 Å². The highest BCUT2D eigenvalue weighted by atomic mass is 16.6. The van der Waals surface area contributed by atoms with E-state index in [1.807, 2.05) is 0 Å². The van der Waals surface area contributed by atoms with Crippen molar-refractivity contribution >= 4 is 5.97 Å². The summed E-state index contributed by atoms with van der Waals surface area (Å²) in [6, 6.07) is 1.51. The Morgan fingerprint density at radius 3 is 1.49 bits per heavy atom. The maximum Gasteiger partial charge on any atom is 0.341 e. The Hall–Kier alpha value is -2.35. The van der Waals surface area contributed by atoms with Crippen molar-refractivity contribution in [2.75, 3.05) is 114 Å². The molecule has 0 saturated heterocycles. The molecule has 0 bridgehead atoms. The molecule has 12 nitrogen and oxygen atoms in total. The number of carbonyl (C=O) groups excluding carboxylic acids is 1. The number of ether oxygens (including phenoxy) is 11. The summed E-state index contributed by atoms with van der Waals surface area (Å²) in [6.45, 7) is 6.16. The van der Waals surface area contributed by atoms with Gasteiger partial charge in [0.25, 0.3) is 0 Å².